The summed E-state index contributed by atoms with van der Waals surface area (Å²) < 4.78 is 10.8. The minimum atomic E-state index is -0.366. The zero-order valence-corrected chi connectivity index (χ0v) is 12.9. The van der Waals surface area contributed by atoms with E-state index in [2.05, 4.69) is 11.6 Å². The summed E-state index contributed by atoms with van der Waals surface area (Å²) in [6.45, 7) is 7.84. The van der Waals surface area contributed by atoms with E-state index in [0.29, 0.717) is 43.1 Å². The molecule has 1 saturated heterocycles. The van der Waals surface area contributed by atoms with Crippen LogP contribution in [0, 0.1) is 0 Å². The lowest BCUT2D eigenvalue weighted by Crippen LogP contribution is -2.41. The number of hydrogen-bond acceptors (Lipinski definition) is 5. The van der Waals surface area contributed by atoms with Gasteiger partial charge in [-0.25, -0.2) is 9.78 Å². The molecule has 118 valence electrons. The van der Waals surface area contributed by atoms with Crippen molar-refractivity contribution in [3.8, 4) is 5.88 Å². The highest BCUT2D eigenvalue weighted by atomic mass is 16.6. The van der Waals surface area contributed by atoms with Gasteiger partial charge in [-0.05, 0) is 19.9 Å². The first-order chi connectivity index (χ1) is 10.5. The number of piperidine rings is 1. The summed E-state index contributed by atoms with van der Waals surface area (Å²) in [6.07, 6.45) is 2.57. The van der Waals surface area contributed by atoms with Crippen molar-refractivity contribution in [3.05, 3.63) is 36.2 Å². The predicted octanol–water partition coefficient (Wildman–Crippen LogP) is 2.80. The van der Waals surface area contributed by atoms with E-state index in [9.17, 15) is 9.59 Å². The van der Waals surface area contributed by atoms with Gasteiger partial charge in [-0.15, -0.1) is 0 Å². The Morgan fingerprint density at radius 3 is 2.45 bits per heavy atom. The number of pyridine rings is 1. The smallest absolute Gasteiger partial charge is 0.414 e. The molecule has 2 rings (SSSR count). The lowest BCUT2D eigenvalue weighted by Gasteiger charge is -2.31. The third kappa shape index (κ3) is 4.31. The quantitative estimate of drug-likeness (QED) is 0.632. The van der Waals surface area contributed by atoms with Crippen molar-refractivity contribution >= 4 is 11.9 Å². The fraction of sp³-hybridized carbons (Fsp3) is 0.438. The van der Waals surface area contributed by atoms with Crippen LogP contribution in [0.1, 0.15) is 37.0 Å². The van der Waals surface area contributed by atoms with Crippen LogP contribution in [0.5, 0.6) is 5.88 Å². The largest absolute Gasteiger partial charge is 0.474 e. The highest BCUT2D eigenvalue weighted by molar-refractivity contribution is 5.93. The molecule has 22 heavy (non-hydrogen) atoms. The van der Waals surface area contributed by atoms with Gasteiger partial charge in [0, 0.05) is 43.8 Å². The van der Waals surface area contributed by atoms with Crippen LogP contribution in [-0.2, 0) is 4.74 Å². The van der Waals surface area contributed by atoms with Crippen LogP contribution in [0.2, 0.25) is 0 Å². The van der Waals surface area contributed by atoms with Gasteiger partial charge in [0.05, 0.1) is 5.76 Å². The average molecular weight is 304 g/mol. The Hall–Kier alpha value is -2.37. The number of aromatic nitrogens is 1. The standard InChI is InChI=1S/C16H20N2O4/c1-11(2)21-16(20)18-8-6-14(7-9-18)22-15-5-4-13(10-17-15)12(3)19/h4-5,10,14H,1,6-9H2,2-3H3. The number of nitrogens with zero attached hydrogens (tertiary/aromatic N) is 2. The molecule has 0 spiro atoms. The Kier molecular flexibility index (Phi) is 5.14. The number of allylic oxidation sites excluding steroid dienone is 1. The number of hydrogen-bond donors (Lipinski definition) is 0. The zero-order valence-electron chi connectivity index (χ0n) is 12.9. The number of amides is 1. The van der Waals surface area contributed by atoms with Crippen molar-refractivity contribution in [1.29, 1.82) is 0 Å². The molecular formula is C16H20N2O4. The summed E-state index contributed by atoms with van der Waals surface area (Å²) in [5.41, 5.74) is 0.560. The van der Waals surface area contributed by atoms with Gasteiger partial charge in [0.1, 0.15) is 6.10 Å². The number of Topliss-reactive ketones (excluding diaryl/α,β-unsaturated/α-hetero) is 1. The van der Waals surface area contributed by atoms with Crippen molar-refractivity contribution in [2.45, 2.75) is 32.8 Å². The molecule has 6 heteroatoms. The minimum absolute atomic E-state index is 0.00422. The molecule has 0 bridgehead atoms. The normalized spacial score (nSPS) is 15.3. The van der Waals surface area contributed by atoms with Gasteiger partial charge < -0.3 is 14.4 Å². The summed E-state index contributed by atoms with van der Waals surface area (Å²) in [5, 5.41) is 0. The number of carbonyl (C=O) groups is 2. The maximum Gasteiger partial charge on any atom is 0.414 e. The van der Waals surface area contributed by atoms with Crippen molar-refractivity contribution in [3.63, 3.8) is 0 Å². The number of ether oxygens (including phenoxy) is 2. The molecule has 0 atom stereocenters. The lowest BCUT2D eigenvalue weighted by atomic mass is 10.1. The molecule has 1 fully saturated rings. The zero-order chi connectivity index (χ0) is 16.1. The molecule has 1 amide bonds. The van der Waals surface area contributed by atoms with E-state index < -0.39 is 0 Å². The molecule has 0 N–H and O–H groups in total. The fourth-order valence-corrected chi connectivity index (χ4v) is 2.20. The monoisotopic (exact) mass is 304 g/mol. The van der Waals surface area contributed by atoms with E-state index in [4.69, 9.17) is 9.47 Å². The highest BCUT2D eigenvalue weighted by Gasteiger charge is 2.25. The Balaban J connectivity index is 1.83. The van der Waals surface area contributed by atoms with E-state index >= 15 is 0 Å². The van der Waals surface area contributed by atoms with Crippen LogP contribution >= 0.6 is 0 Å². The van der Waals surface area contributed by atoms with Crippen molar-refractivity contribution in [2.75, 3.05) is 13.1 Å². The summed E-state index contributed by atoms with van der Waals surface area (Å²) >= 11 is 0. The first kappa shape index (κ1) is 16.0. The Morgan fingerprint density at radius 2 is 1.95 bits per heavy atom. The molecule has 1 aliphatic heterocycles. The summed E-state index contributed by atoms with van der Waals surface area (Å²) in [5.74, 6) is 0.856. The van der Waals surface area contributed by atoms with Crippen LogP contribution in [0.15, 0.2) is 30.7 Å². The van der Waals surface area contributed by atoms with Crippen molar-refractivity contribution in [1.82, 2.24) is 9.88 Å². The molecule has 1 aromatic heterocycles. The van der Waals surface area contributed by atoms with Gasteiger partial charge in [-0.2, -0.15) is 0 Å². The number of rotatable bonds is 4. The molecule has 0 radical (unpaired) electrons. The van der Waals surface area contributed by atoms with Crippen LogP contribution in [0.3, 0.4) is 0 Å². The van der Waals surface area contributed by atoms with E-state index in [1.165, 1.54) is 13.1 Å². The van der Waals surface area contributed by atoms with E-state index in [1.54, 1.807) is 24.0 Å². The van der Waals surface area contributed by atoms with Crippen LogP contribution in [-0.4, -0.2) is 41.0 Å². The molecule has 6 nitrogen and oxygen atoms in total. The van der Waals surface area contributed by atoms with Gasteiger partial charge in [0.15, 0.2) is 5.78 Å². The average Bonchev–Trinajstić information content (AvgIpc) is 2.48. The van der Waals surface area contributed by atoms with Gasteiger partial charge in [0.25, 0.3) is 0 Å². The Bertz CT molecular complexity index is 560. The molecule has 1 aliphatic rings. The SMILES string of the molecule is C=C(C)OC(=O)N1CCC(Oc2ccc(C(C)=O)cn2)CC1. The third-order valence-corrected chi connectivity index (χ3v) is 3.39. The lowest BCUT2D eigenvalue weighted by molar-refractivity contribution is 0.0800. The molecule has 0 aromatic carbocycles. The van der Waals surface area contributed by atoms with Gasteiger partial charge in [-0.3, -0.25) is 4.79 Å². The molecule has 2 heterocycles. The summed E-state index contributed by atoms with van der Waals surface area (Å²) in [7, 11) is 0. The molecule has 0 aliphatic carbocycles. The third-order valence-electron chi connectivity index (χ3n) is 3.39. The molecule has 1 aromatic rings. The number of carbonyl (C=O) groups excluding carboxylic acids is 2. The maximum absolute atomic E-state index is 11.7. The fourth-order valence-electron chi connectivity index (χ4n) is 2.20. The van der Waals surface area contributed by atoms with Crippen LogP contribution in [0.4, 0.5) is 4.79 Å². The van der Waals surface area contributed by atoms with Crippen LogP contribution in [0.25, 0.3) is 0 Å². The molecule has 0 unspecified atom stereocenters. The second-order valence-corrected chi connectivity index (χ2v) is 5.32. The Labute approximate surface area is 129 Å². The first-order valence-electron chi connectivity index (χ1n) is 7.21. The second-order valence-electron chi connectivity index (χ2n) is 5.32. The van der Waals surface area contributed by atoms with E-state index in [1.807, 2.05) is 0 Å². The molecular weight excluding hydrogens is 284 g/mol. The van der Waals surface area contributed by atoms with Crippen LogP contribution < -0.4 is 4.74 Å². The molecule has 0 saturated carbocycles. The maximum atomic E-state index is 11.7. The van der Waals surface area contributed by atoms with Crippen molar-refractivity contribution in [2.24, 2.45) is 0 Å². The summed E-state index contributed by atoms with van der Waals surface area (Å²) in [6, 6.07) is 3.39. The van der Waals surface area contributed by atoms with Gasteiger partial charge >= 0.3 is 6.09 Å². The summed E-state index contributed by atoms with van der Waals surface area (Å²) in [4.78, 5) is 28.7. The Morgan fingerprint density at radius 1 is 1.27 bits per heavy atom. The highest BCUT2D eigenvalue weighted by Crippen LogP contribution is 2.18. The minimum Gasteiger partial charge on any atom is -0.474 e. The van der Waals surface area contributed by atoms with E-state index in [0.717, 1.165) is 0 Å². The second kappa shape index (κ2) is 7.06. The topological polar surface area (TPSA) is 68.7 Å². The van der Waals surface area contributed by atoms with Gasteiger partial charge in [0.2, 0.25) is 5.88 Å². The van der Waals surface area contributed by atoms with E-state index in [-0.39, 0.29) is 18.0 Å². The van der Waals surface area contributed by atoms with Gasteiger partial charge in [-0.1, -0.05) is 6.58 Å². The number of ketones is 1. The number of likely N-dealkylation sites (tertiary alicyclic amines) is 1. The van der Waals surface area contributed by atoms with Crippen molar-refractivity contribution < 1.29 is 19.1 Å². The first-order valence-corrected chi connectivity index (χ1v) is 7.21. The predicted molar refractivity (Wildman–Crippen MR) is 80.8 cm³/mol.